The number of para-hydroxylation sites is 1. The molecule has 0 N–H and O–H groups in total. The molecular formula is C15H14N2O4. The number of nitro groups is 1. The molecule has 0 aliphatic carbocycles. The highest BCUT2D eigenvalue weighted by Gasteiger charge is 2.17. The third-order valence-corrected chi connectivity index (χ3v) is 2.84. The van der Waals surface area contributed by atoms with Gasteiger partial charge in [0, 0.05) is 18.3 Å². The van der Waals surface area contributed by atoms with Crippen LogP contribution < -0.4 is 9.64 Å². The van der Waals surface area contributed by atoms with E-state index in [1.54, 1.807) is 12.1 Å². The van der Waals surface area contributed by atoms with E-state index in [0.717, 1.165) is 0 Å². The van der Waals surface area contributed by atoms with Crippen molar-refractivity contribution in [1.29, 1.82) is 0 Å². The van der Waals surface area contributed by atoms with Gasteiger partial charge in [-0.3, -0.25) is 15.0 Å². The van der Waals surface area contributed by atoms with E-state index in [-0.39, 0.29) is 11.4 Å². The minimum atomic E-state index is -0.579. The molecule has 0 radical (unpaired) electrons. The van der Waals surface area contributed by atoms with E-state index in [0.29, 0.717) is 12.2 Å². The van der Waals surface area contributed by atoms with Gasteiger partial charge < -0.3 is 4.74 Å². The number of non-ortho nitro benzene ring substituents is 1. The van der Waals surface area contributed by atoms with Crippen molar-refractivity contribution in [3.63, 3.8) is 0 Å². The summed E-state index contributed by atoms with van der Waals surface area (Å²) in [5.74, 6) is 0.142. The highest BCUT2D eigenvalue weighted by molar-refractivity contribution is 5.89. The summed E-state index contributed by atoms with van der Waals surface area (Å²) in [4.78, 5) is 23.8. The Morgan fingerprint density at radius 1 is 1.19 bits per heavy atom. The number of amides is 1. The number of anilines is 1. The summed E-state index contributed by atoms with van der Waals surface area (Å²) in [5, 5.41) is 10.7. The zero-order valence-corrected chi connectivity index (χ0v) is 11.4. The van der Waals surface area contributed by atoms with Crippen molar-refractivity contribution < 1.29 is 14.5 Å². The summed E-state index contributed by atoms with van der Waals surface area (Å²) >= 11 is 0. The van der Waals surface area contributed by atoms with Gasteiger partial charge in [0.05, 0.1) is 11.0 Å². The van der Waals surface area contributed by atoms with Gasteiger partial charge in [-0.05, 0) is 25.1 Å². The Hall–Kier alpha value is -2.89. The van der Waals surface area contributed by atoms with Crippen LogP contribution in [0.25, 0.3) is 0 Å². The molecule has 0 heterocycles. The van der Waals surface area contributed by atoms with Gasteiger partial charge in [0.2, 0.25) is 0 Å². The van der Waals surface area contributed by atoms with E-state index in [1.807, 2.05) is 25.1 Å². The second-order valence-electron chi connectivity index (χ2n) is 4.20. The lowest BCUT2D eigenvalue weighted by Crippen LogP contribution is -2.33. The zero-order valence-electron chi connectivity index (χ0n) is 11.4. The Bertz CT molecular complexity index is 643. The third kappa shape index (κ3) is 3.56. The van der Waals surface area contributed by atoms with Crippen LogP contribution in [0.4, 0.5) is 16.2 Å². The smallest absolute Gasteiger partial charge is 0.410 e. The molecule has 0 bridgehead atoms. The van der Waals surface area contributed by atoms with E-state index in [2.05, 4.69) is 0 Å². The number of hydrogen-bond donors (Lipinski definition) is 0. The number of carbonyl (C=O) groups excluding carboxylic acids is 1. The molecule has 2 rings (SSSR count). The maximum Gasteiger partial charge on any atom is 0.419 e. The Kier molecular flexibility index (Phi) is 4.50. The van der Waals surface area contributed by atoms with Gasteiger partial charge in [0.15, 0.2) is 0 Å². The molecule has 1 amide bonds. The van der Waals surface area contributed by atoms with Gasteiger partial charge in [0.25, 0.3) is 5.69 Å². The molecular weight excluding hydrogens is 272 g/mol. The Labute approximate surface area is 121 Å². The lowest BCUT2D eigenvalue weighted by molar-refractivity contribution is -0.384. The fourth-order valence-corrected chi connectivity index (χ4v) is 1.84. The number of nitrogens with zero attached hydrogens (tertiary/aromatic N) is 2. The maximum atomic E-state index is 12.2. The molecule has 2 aromatic carbocycles. The van der Waals surface area contributed by atoms with Gasteiger partial charge in [-0.15, -0.1) is 0 Å². The highest BCUT2D eigenvalue weighted by atomic mass is 16.6. The number of nitro benzene ring substituents is 1. The standard InChI is InChI=1S/C15H14N2O4/c1-2-16(12-7-4-3-5-8-12)15(18)21-14-10-6-9-13(11-14)17(19)20/h3-11H,2H2,1H3. The van der Waals surface area contributed by atoms with Crippen LogP contribution in [0, 0.1) is 10.1 Å². The van der Waals surface area contributed by atoms with Crippen LogP contribution in [0.5, 0.6) is 5.75 Å². The molecule has 21 heavy (non-hydrogen) atoms. The Balaban J connectivity index is 2.16. The second kappa shape index (κ2) is 6.51. The molecule has 0 aromatic heterocycles. The minimum absolute atomic E-state index is 0.122. The van der Waals surface area contributed by atoms with Crippen LogP contribution in [0.2, 0.25) is 0 Å². The summed E-state index contributed by atoms with van der Waals surface area (Å²) in [6.07, 6.45) is -0.579. The van der Waals surface area contributed by atoms with Crippen molar-refractivity contribution in [1.82, 2.24) is 0 Å². The zero-order chi connectivity index (χ0) is 15.2. The van der Waals surface area contributed by atoms with Gasteiger partial charge in [-0.2, -0.15) is 0 Å². The van der Waals surface area contributed by atoms with Gasteiger partial charge in [0.1, 0.15) is 5.75 Å². The molecule has 0 saturated carbocycles. The summed E-state index contributed by atoms with van der Waals surface area (Å²) in [5.41, 5.74) is 0.582. The Morgan fingerprint density at radius 2 is 1.90 bits per heavy atom. The van der Waals surface area contributed by atoms with E-state index in [9.17, 15) is 14.9 Å². The van der Waals surface area contributed by atoms with Crippen LogP contribution in [-0.4, -0.2) is 17.6 Å². The fourth-order valence-electron chi connectivity index (χ4n) is 1.84. The predicted octanol–water partition coefficient (Wildman–Crippen LogP) is 3.62. The lowest BCUT2D eigenvalue weighted by Gasteiger charge is -2.20. The van der Waals surface area contributed by atoms with E-state index in [4.69, 9.17) is 4.74 Å². The Morgan fingerprint density at radius 3 is 2.52 bits per heavy atom. The molecule has 2 aromatic rings. The maximum absolute atomic E-state index is 12.2. The first-order valence-corrected chi connectivity index (χ1v) is 6.40. The molecule has 6 heteroatoms. The topological polar surface area (TPSA) is 72.7 Å². The van der Waals surface area contributed by atoms with Crippen molar-refractivity contribution in [3.8, 4) is 5.75 Å². The summed E-state index contributed by atoms with van der Waals surface area (Å²) in [6.45, 7) is 2.25. The van der Waals surface area contributed by atoms with Crippen molar-refractivity contribution in [3.05, 3.63) is 64.7 Å². The van der Waals surface area contributed by atoms with Gasteiger partial charge in [-0.25, -0.2) is 4.79 Å². The number of hydrogen-bond acceptors (Lipinski definition) is 4. The van der Waals surface area contributed by atoms with Crippen LogP contribution in [0.1, 0.15) is 6.92 Å². The van der Waals surface area contributed by atoms with Crippen LogP contribution >= 0.6 is 0 Å². The van der Waals surface area contributed by atoms with E-state index < -0.39 is 11.0 Å². The van der Waals surface area contributed by atoms with Crippen LogP contribution in [0.3, 0.4) is 0 Å². The average molecular weight is 286 g/mol. The number of carbonyl (C=O) groups is 1. The van der Waals surface area contributed by atoms with Crippen molar-refractivity contribution >= 4 is 17.5 Å². The molecule has 0 spiro atoms. The number of benzene rings is 2. The minimum Gasteiger partial charge on any atom is -0.410 e. The largest absolute Gasteiger partial charge is 0.419 e. The average Bonchev–Trinajstić information content (AvgIpc) is 2.49. The third-order valence-electron chi connectivity index (χ3n) is 2.84. The quantitative estimate of drug-likeness (QED) is 0.635. The molecule has 6 nitrogen and oxygen atoms in total. The normalized spacial score (nSPS) is 9.95. The first-order chi connectivity index (χ1) is 10.1. The van der Waals surface area contributed by atoms with Crippen LogP contribution in [-0.2, 0) is 0 Å². The fraction of sp³-hybridized carbons (Fsp3) is 0.133. The van der Waals surface area contributed by atoms with E-state index >= 15 is 0 Å². The van der Waals surface area contributed by atoms with Crippen molar-refractivity contribution in [2.24, 2.45) is 0 Å². The second-order valence-corrected chi connectivity index (χ2v) is 4.20. The molecule has 0 aliphatic rings. The summed E-state index contributed by atoms with van der Waals surface area (Å²) in [7, 11) is 0. The highest BCUT2D eigenvalue weighted by Crippen LogP contribution is 2.21. The first kappa shape index (κ1) is 14.5. The van der Waals surface area contributed by atoms with Gasteiger partial charge in [-0.1, -0.05) is 24.3 Å². The van der Waals surface area contributed by atoms with Crippen molar-refractivity contribution in [2.75, 3.05) is 11.4 Å². The van der Waals surface area contributed by atoms with Crippen LogP contribution in [0.15, 0.2) is 54.6 Å². The molecule has 0 saturated heterocycles. The van der Waals surface area contributed by atoms with Crippen molar-refractivity contribution in [2.45, 2.75) is 6.92 Å². The molecule has 0 fully saturated rings. The SMILES string of the molecule is CCN(C(=O)Oc1cccc([N+](=O)[O-])c1)c1ccccc1. The van der Waals surface area contributed by atoms with E-state index in [1.165, 1.54) is 29.2 Å². The molecule has 0 unspecified atom stereocenters. The molecule has 0 atom stereocenters. The summed E-state index contributed by atoms with van der Waals surface area (Å²) < 4.78 is 5.20. The number of ether oxygens (including phenoxy) is 1. The predicted molar refractivity (Wildman–Crippen MR) is 78.6 cm³/mol. The molecule has 0 aliphatic heterocycles. The monoisotopic (exact) mass is 286 g/mol. The lowest BCUT2D eigenvalue weighted by atomic mass is 10.3. The number of rotatable bonds is 4. The summed E-state index contributed by atoms with van der Waals surface area (Å²) in [6, 6.07) is 14.6. The van der Waals surface area contributed by atoms with Gasteiger partial charge >= 0.3 is 6.09 Å². The first-order valence-electron chi connectivity index (χ1n) is 6.40. The molecule has 108 valence electrons.